The van der Waals surface area contributed by atoms with Gasteiger partial charge in [-0.3, -0.25) is 0 Å². The minimum atomic E-state index is 0.814. The van der Waals surface area contributed by atoms with E-state index >= 15 is 0 Å². The molecule has 3 heteroatoms. The smallest absolute Gasteiger partial charge is 0.0739 e. The number of aliphatic imine (C=N–C) groups is 1. The topological polar surface area (TPSA) is 12.4 Å². The van der Waals surface area contributed by atoms with Crippen LogP contribution in [0.25, 0.3) is 11.1 Å². The Hall–Kier alpha value is -2.55. The van der Waals surface area contributed by atoms with Crippen LogP contribution in [-0.2, 0) is 6.16 Å². The molecule has 1 atom stereocenters. The quantitative estimate of drug-likeness (QED) is 0.247. The summed E-state index contributed by atoms with van der Waals surface area (Å²) >= 11 is 4.62. The van der Waals surface area contributed by atoms with Crippen LogP contribution >= 0.6 is 21.5 Å². The molecule has 3 aromatic rings. The van der Waals surface area contributed by atoms with E-state index < -0.39 is 0 Å². The molecule has 3 rings (SSSR count). The van der Waals surface area contributed by atoms with Gasteiger partial charge in [-0.05, 0) is 71.5 Å². The maximum atomic E-state index is 4.62. The summed E-state index contributed by atoms with van der Waals surface area (Å²) < 4.78 is 0. The van der Waals surface area contributed by atoms with Crippen molar-refractivity contribution in [3.63, 3.8) is 0 Å². The molecule has 0 saturated carbocycles. The highest BCUT2D eigenvalue weighted by Crippen LogP contribution is 2.22. The van der Waals surface area contributed by atoms with Crippen LogP contribution < -0.4 is 0 Å². The number of nitrogens with zero attached hydrogens (tertiary/aromatic N) is 1. The van der Waals surface area contributed by atoms with E-state index in [9.17, 15) is 0 Å². The molecule has 25 heavy (non-hydrogen) atoms. The van der Waals surface area contributed by atoms with Gasteiger partial charge in [0.05, 0.1) is 10.8 Å². The molecule has 0 aliphatic rings. The fourth-order valence-electron chi connectivity index (χ4n) is 2.40. The molecule has 0 aliphatic heterocycles. The van der Waals surface area contributed by atoms with Crippen molar-refractivity contribution in [3.05, 3.63) is 89.5 Å². The molecule has 0 aliphatic carbocycles. The molecule has 0 bridgehead atoms. The summed E-state index contributed by atoms with van der Waals surface area (Å²) in [6.45, 7) is 0. The molecule has 0 fully saturated rings. The largest absolute Gasteiger partial charge is 0.195 e. The number of isothiocyanates is 1. The van der Waals surface area contributed by atoms with Crippen molar-refractivity contribution in [1.29, 1.82) is 0 Å². The first-order valence-corrected chi connectivity index (χ1v) is 9.10. The van der Waals surface area contributed by atoms with Crippen molar-refractivity contribution in [2.24, 2.45) is 4.99 Å². The molecule has 1 nitrogen and oxygen atoms in total. The molecule has 0 aromatic heterocycles. The molecule has 0 N–H and O–H groups in total. The third-order valence-electron chi connectivity index (χ3n) is 3.80. The van der Waals surface area contributed by atoms with Crippen LogP contribution in [0.2, 0.25) is 0 Å². The van der Waals surface area contributed by atoms with Crippen molar-refractivity contribution in [2.45, 2.75) is 6.16 Å². The minimum absolute atomic E-state index is 0.814. The average molecular weight is 357 g/mol. The van der Waals surface area contributed by atoms with Crippen molar-refractivity contribution >= 4 is 32.3 Å². The van der Waals surface area contributed by atoms with Crippen LogP contribution in [0.15, 0.2) is 77.8 Å². The lowest BCUT2D eigenvalue weighted by molar-refractivity contribution is 1.41. The Kier molecular flexibility index (Phi) is 5.89. The zero-order valence-corrected chi connectivity index (χ0v) is 15.5. The monoisotopic (exact) mass is 357 g/mol. The highest BCUT2D eigenvalue weighted by Gasteiger charge is 1.98. The van der Waals surface area contributed by atoms with Gasteiger partial charge in [-0.2, -0.15) is 4.99 Å². The Balaban J connectivity index is 1.75. The number of thiocarbonyl (C=S) groups is 1. The zero-order valence-electron chi connectivity index (χ0n) is 13.6. The van der Waals surface area contributed by atoms with Crippen molar-refractivity contribution in [2.75, 3.05) is 0 Å². The maximum absolute atomic E-state index is 4.62. The van der Waals surface area contributed by atoms with Gasteiger partial charge < -0.3 is 0 Å². The lowest BCUT2D eigenvalue weighted by Crippen LogP contribution is -1.80. The Bertz CT molecular complexity index is 956. The van der Waals surface area contributed by atoms with E-state index in [1.165, 1.54) is 5.56 Å². The number of hydrogen-bond acceptors (Lipinski definition) is 2. The first kappa shape index (κ1) is 17.3. The molecule has 120 valence electrons. The fraction of sp³-hybridized carbons (Fsp3) is 0.0455. The Morgan fingerprint density at radius 3 is 1.68 bits per heavy atom. The SMILES string of the molecule is PCc1ccc(C#Cc2ccc(-c3ccc(N=C=S)cc3)cc2)cc1. The standard InChI is InChI=1S/C22H16NPS/c24-15-19-5-3-17(4-6-19)1-2-18-7-9-20(10-8-18)21-11-13-22(14-12-21)23-16-25/h3-14H,15,24H2. The number of hydrogen-bond donors (Lipinski definition) is 0. The fourth-order valence-corrected chi connectivity index (χ4v) is 2.77. The zero-order chi connectivity index (χ0) is 17.5. The van der Waals surface area contributed by atoms with Crippen molar-refractivity contribution < 1.29 is 0 Å². The van der Waals surface area contributed by atoms with E-state index in [1.54, 1.807) is 0 Å². The Morgan fingerprint density at radius 2 is 1.20 bits per heavy atom. The molecule has 0 heterocycles. The summed E-state index contributed by atoms with van der Waals surface area (Å²) in [5.74, 6) is 6.42. The maximum Gasteiger partial charge on any atom is 0.0739 e. The van der Waals surface area contributed by atoms with E-state index in [0.29, 0.717) is 0 Å². The molecular weight excluding hydrogens is 341 g/mol. The van der Waals surface area contributed by atoms with Gasteiger partial charge in [0.15, 0.2) is 0 Å². The molecule has 0 radical (unpaired) electrons. The highest BCUT2D eigenvalue weighted by molar-refractivity contribution is 7.78. The summed E-state index contributed by atoms with van der Waals surface area (Å²) in [5, 5.41) is 2.38. The van der Waals surface area contributed by atoms with E-state index in [2.05, 4.69) is 79.9 Å². The molecule has 1 unspecified atom stereocenters. The summed E-state index contributed by atoms with van der Waals surface area (Å²) in [6.07, 6.45) is 0.966. The van der Waals surface area contributed by atoms with E-state index in [0.717, 1.165) is 34.1 Å². The highest BCUT2D eigenvalue weighted by atomic mass is 32.1. The second-order valence-electron chi connectivity index (χ2n) is 5.48. The minimum Gasteiger partial charge on any atom is -0.195 e. The predicted molar refractivity (Wildman–Crippen MR) is 112 cm³/mol. The van der Waals surface area contributed by atoms with Gasteiger partial charge in [0, 0.05) is 11.1 Å². The van der Waals surface area contributed by atoms with Crippen LogP contribution in [0.1, 0.15) is 16.7 Å². The molecule has 3 aromatic carbocycles. The van der Waals surface area contributed by atoms with Gasteiger partial charge in [-0.1, -0.05) is 48.2 Å². The van der Waals surface area contributed by atoms with Gasteiger partial charge >= 0.3 is 0 Å². The summed E-state index contributed by atoms with van der Waals surface area (Å²) in [4.78, 5) is 3.96. The number of benzene rings is 3. The summed E-state index contributed by atoms with van der Waals surface area (Å²) in [7, 11) is 2.73. The normalized spacial score (nSPS) is 9.64. The first-order chi connectivity index (χ1) is 12.3. The van der Waals surface area contributed by atoms with E-state index in [1.807, 2.05) is 36.4 Å². The van der Waals surface area contributed by atoms with Crippen LogP contribution in [-0.4, -0.2) is 5.16 Å². The third-order valence-corrected chi connectivity index (χ3v) is 4.36. The molecule has 0 amide bonds. The van der Waals surface area contributed by atoms with E-state index in [4.69, 9.17) is 0 Å². The van der Waals surface area contributed by atoms with Crippen LogP contribution in [0.5, 0.6) is 0 Å². The summed E-state index contributed by atoms with van der Waals surface area (Å²) in [6, 6.07) is 24.5. The van der Waals surface area contributed by atoms with Crippen LogP contribution in [0.3, 0.4) is 0 Å². The first-order valence-electron chi connectivity index (χ1n) is 7.88. The Labute approximate surface area is 156 Å². The molecular formula is C22H16NPS. The molecule has 0 spiro atoms. The van der Waals surface area contributed by atoms with Gasteiger partial charge in [0.2, 0.25) is 0 Å². The predicted octanol–water partition coefficient (Wildman–Crippen LogP) is 5.86. The lowest BCUT2D eigenvalue weighted by atomic mass is 10.0. The van der Waals surface area contributed by atoms with E-state index in [-0.39, 0.29) is 0 Å². The van der Waals surface area contributed by atoms with Crippen molar-refractivity contribution in [3.8, 4) is 23.0 Å². The molecule has 0 saturated heterocycles. The van der Waals surface area contributed by atoms with Crippen molar-refractivity contribution in [1.82, 2.24) is 0 Å². The van der Waals surface area contributed by atoms with Gasteiger partial charge in [0.1, 0.15) is 0 Å². The second kappa shape index (κ2) is 8.52. The van der Waals surface area contributed by atoms with Gasteiger partial charge in [-0.25, -0.2) is 0 Å². The lowest BCUT2D eigenvalue weighted by Gasteiger charge is -2.02. The average Bonchev–Trinajstić information content (AvgIpc) is 2.68. The van der Waals surface area contributed by atoms with Crippen LogP contribution in [0, 0.1) is 11.8 Å². The summed E-state index contributed by atoms with van der Waals surface area (Å²) in [5.41, 5.74) is 6.42. The van der Waals surface area contributed by atoms with Gasteiger partial charge in [0.25, 0.3) is 0 Å². The number of rotatable bonds is 3. The van der Waals surface area contributed by atoms with Gasteiger partial charge in [-0.15, -0.1) is 9.24 Å². The Morgan fingerprint density at radius 1 is 0.720 bits per heavy atom. The third kappa shape index (κ3) is 4.72. The second-order valence-corrected chi connectivity index (χ2v) is 6.07. The van der Waals surface area contributed by atoms with Crippen LogP contribution in [0.4, 0.5) is 5.69 Å².